The zero-order valence-corrected chi connectivity index (χ0v) is 32.3. The van der Waals surface area contributed by atoms with Crippen molar-refractivity contribution in [1.29, 1.82) is 0 Å². The van der Waals surface area contributed by atoms with Gasteiger partial charge in [0.2, 0.25) is 0 Å². The summed E-state index contributed by atoms with van der Waals surface area (Å²) in [5.74, 6) is 4.86. The molecule has 0 amide bonds. The molecule has 0 radical (unpaired) electrons. The van der Waals surface area contributed by atoms with Gasteiger partial charge in [-0.3, -0.25) is 9.59 Å². The second-order valence-corrected chi connectivity index (χ2v) is 19.2. The lowest BCUT2D eigenvalue weighted by atomic mass is 10.5. The Bertz CT molecular complexity index is 605. The highest BCUT2D eigenvalue weighted by Gasteiger charge is 2.04. The van der Waals surface area contributed by atoms with Gasteiger partial charge in [-0.05, 0) is 24.3 Å². The molecule has 10 nitrogen and oxygen atoms in total. The van der Waals surface area contributed by atoms with Crippen LogP contribution >= 0.6 is 118 Å². The van der Waals surface area contributed by atoms with E-state index in [1.165, 1.54) is 47.0 Å². The molecule has 0 aliphatic carbocycles. The first-order valence-corrected chi connectivity index (χ1v) is 24.5. The maximum atomic E-state index is 11.8. The first-order chi connectivity index (χ1) is 21.2. The van der Waals surface area contributed by atoms with Gasteiger partial charge in [-0.15, -0.1) is 70.6 Å². The van der Waals surface area contributed by atoms with E-state index in [4.69, 9.17) is 39.2 Å². The molecule has 0 fully saturated rings. The summed E-state index contributed by atoms with van der Waals surface area (Å²) in [5, 5.41) is 21.4. The normalized spacial score (nSPS) is 11.2. The third-order valence-electron chi connectivity index (χ3n) is 3.99. The zero-order chi connectivity index (χ0) is 31.3. The number of ether oxygens (including phenoxy) is 2. The molecule has 2 N–H and O–H groups in total. The topological polar surface area (TPSA) is 130 Å². The predicted molar refractivity (Wildman–Crippen MR) is 198 cm³/mol. The lowest BCUT2D eigenvalue weighted by Gasteiger charge is -2.06. The first-order valence-electron chi connectivity index (χ1n) is 13.0. The van der Waals surface area contributed by atoms with Crippen LogP contribution in [0.3, 0.4) is 0 Å². The Hall–Kier alpha value is 2.20. The first kappa shape index (κ1) is 45.2. The Balaban J connectivity index is 3.19. The second kappa shape index (κ2) is 40.4. The summed E-state index contributed by atoms with van der Waals surface area (Å²) in [6.07, 6.45) is 2.62. The van der Waals surface area contributed by atoms with Gasteiger partial charge in [0.1, 0.15) is 23.8 Å². The average molecular weight is 801 g/mol. The maximum absolute atomic E-state index is 11.8. The highest BCUT2D eigenvalue weighted by molar-refractivity contribution is 8.17. The van der Waals surface area contributed by atoms with Gasteiger partial charge < -0.3 is 19.7 Å². The summed E-state index contributed by atoms with van der Waals surface area (Å²) in [7, 11) is 0. The van der Waals surface area contributed by atoms with E-state index in [1.807, 2.05) is 11.8 Å². The van der Waals surface area contributed by atoms with Crippen molar-refractivity contribution in [3.63, 3.8) is 0 Å². The highest BCUT2D eigenvalue weighted by Crippen LogP contribution is 2.17. The molecular weight excluding hydrogens is 757 g/mol. The molecule has 20 heteroatoms. The summed E-state index contributed by atoms with van der Waals surface area (Å²) >= 11 is 16.0. The van der Waals surface area contributed by atoms with Gasteiger partial charge in [-0.25, -0.2) is 19.6 Å². The van der Waals surface area contributed by atoms with Crippen LogP contribution in [-0.2, 0) is 38.6 Å². The minimum Gasteiger partial charge on any atom is -0.455 e. The van der Waals surface area contributed by atoms with Crippen LogP contribution in [-0.4, -0.2) is 119 Å². The van der Waals surface area contributed by atoms with E-state index in [0.29, 0.717) is 54.9 Å². The number of thioether (sulfide) groups is 10. The predicted octanol–water partition coefficient (Wildman–Crippen LogP) is 6.38. The molecule has 0 saturated heterocycles. The van der Waals surface area contributed by atoms with Crippen molar-refractivity contribution in [3.05, 3.63) is 0 Å². The third-order valence-corrected chi connectivity index (χ3v) is 14.3. The molecule has 0 atom stereocenters. The second-order valence-electron chi connectivity index (χ2n) is 7.30. The van der Waals surface area contributed by atoms with Gasteiger partial charge in [0.15, 0.2) is 0 Å². The largest absolute Gasteiger partial charge is 0.455 e. The van der Waals surface area contributed by atoms with Crippen molar-refractivity contribution >= 4 is 130 Å². The zero-order valence-electron chi connectivity index (χ0n) is 24.1. The Morgan fingerprint density at radius 2 is 0.814 bits per heavy atom. The highest BCUT2D eigenvalue weighted by atomic mass is 32.2. The van der Waals surface area contributed by atoms with Gasteiger partial charge in [-0.2, -0.15) is 47.0 Å². The van der Waals surface area contributed by atoms with Crippen LogP contribution in [0.15, 0.2) is 0 Å². The van der Waals surface area contributed by atoms with Crippen molar-refractivity contribution < 1.29 is 48.8 Å². The number of aliphatic hydroxyl groups excluding tert-OH is 2. The lowest BCUT2D eigenvalue weighted by molar-refractivity contribution is -0.278. The summed E-state index contributed by atoms with van der Waals surface area (Å²) in [4.78, 5) is 43.8. The van der Waals surface area contributed by atoms with Crippen LogP contribution in [0.25, 0.3) is 0 Å². The van der Waals surface area contributed by atoms with Crippen LogP contribution < -0.4 is 0 Å². The van der Waals surface area contributed by atoms with Gasteiger partial charge in [0.25, 0.3) is 0 Å². The molecule has 0 bridgehead atoms. The Morgan fingerprint density at radius 1 is 0.442 bits per heavy atom. The van der Waals surface area contributed by atoms with E-state index < -0.39 is 0 Å². The van der Waals surface area contributed by atoms with E-state index in [9.17, 15) is 9.59 Å². The number of hydrogen-bond acceptors (Lipinski definition) is 20. The standard InChI is InChI=1S/C23H44O10S10/c24-11-38-19-40-13-28-22(26)3-9-36-17-35-8-2-6-31-33-16-43-21-41-14-29-23(27)4-10-37-18-34-7-1-5-30-32-15-42-20-39-12-25/h24-25H,1-21H2. The molecule has 0 aromatic rings. The molecule has 0 aliphatic rings. The van der Waals surface area contributed by atoms with Gasteiger partial charge in [-0.1, -0.05) is 0 Å². The van der Waals surface area contributed by atoms with Crippen molar-refractivity contribution in [2.75, 3.05) is 97.3 Å². The molecule has 0 aliphatic heterocycles. The van der Waals surface area contributed by atoms with Crippen LogP contribution in [0.5, 0.6) is 0 Å². The fourth-order valence-corrected chi connectivity index (χ4v) is 10.0. The quantitative estimate of drug-likeness (QED) is 0.0239. The fraction of sp³-hybridized carbons (Fsp3) is 0.913. The monoisotopic (exact) mass is 800 g/mol. The fourth-order valence-electron chi connectivity index (χ4n) is 2.10. The smallest absolute Gasteiger partial charge is 0.307 e. The molecule has 43 heavy (non-hydrogen) atoms. The summed E-state index contributed by atoms with van der Waals surface area (Å²) < 4.78 is 10.3. The van der Waals surface area contributed by atoms with Crippen LogP contribution in [0.1, 0.15) is 25.7 Å². The average Bonchev–Trinajstić information content (AvgIpc) is 3.00. The van der Waals surface area contributed by atoms with E-state index in [2.05, 4.69) is 0 Å². The number of carbonyl (C=O) groups is 2. The van der Waals surface area contributed by atoms with Crippen molar-refractivity contribution in [2.45, 2.75) is 25.7 Å². The number of esters is 2. The summed E-state index contributed by atoms with van der Waals surface area (Å²) in [6.45, 7) is 1.09. The molecule has 0 aromatic carbocycles. The Labute approximate surface area is 298 Å². The molecule has 0 saturated carbocycles. The molecule has 256 valence electrons. The lowest BCUT2D eigenvalue weighted by Crippen LogP contribution is -2.05. The van der Waals surface area contributed by atoms with Crippen LogP contribution in [0.2, 0.25) is 0 Å². The molecule has 0 spiro atoms. The number of carbonyl (C=O) groups excluding carboxylic acids is 2. The number of hydrogen-bond donors (Lipinski definition) is 2. The van der Waals surface area contributed by atoms with E-state index in [1.54, 1.807) is 58.8 Å². The van der Waals surface area contributed by atoms with Crippen LogP contribution in [0, 0.1) is 0 Å². The molecule has 0 unspecified atom stereocenters. The van der Waals surface area contributed by atoms with Crippen molar-refractivity contribution in [3.8, 4) is 0 Å². The Morgan fingerprint density at radius 3 is 1.26 bits per heavy atom. The maximum Gasteiger partial charge on any atom is 0.307 e. The SMILES string of the molecule is O=C(CCSCSCCCOOCSCSCOC(=O)CCSCSCCCOOCSCSCO)OCSCSCO. The number of aliphatic hydroxyl groups is 2. The molecular formula is C23H44O10S10. The van der Waals surface area contributed by atoms with Crippen molar-refractivity contribution in [1.82, 2.24) is 0 Å². The molecule has 0 heterocycles. The molecule has 0 aromatic heterocycles. The van der Waals surface area contributed by atoms with E-state index >= 15 is 0 Å². The minimum absolute atomic E-state index is 0.0833. The Kier molecular flexibility index (Phi) is 42.4. The van der Waals surface area contributed by atoms with Crippen molar-refractivity contribution in [2.24, 2.45) is 0 Å². The van der Waals surface area contributed by atoms with Crippen LogP contribution in [0.4, 0.5) is 0 Å². The summed E-state index contributed by atoms with van der Waals surface area (Å²) in [6, 6.07) is 0. The summed E-state index contributed by atoms with van der Waals surface area (Å²) in [5.41, 5.74) is 0. The van der Waals surface area contributed by atoms with Gasteiger partial charge >= 0.3 is 11.9 Å². The van der Waals surface area contributed by atoms with E-state index in [-0.39, 0.29) is 23.8 Å². The third kappa shape index (κ3) is 40.3. The van der Waals surface area contributed by atoms with E-state index in [0.717, 1.165) is 56.2 Å². The number of rotatable bonds is 36. The van der Waals surface area contributed by atoms with Gasteiger partial charge in [0.05, 0.1) is 37.9 Å². The van der Waals surface area contributed by atoms with Gasteiger partial charge in [0, 0.05) is 36.9 Å². The minimum atomic E-state index is -0.180. The molecule has 0 rings (SSSR count).